The van der Waals surface area contributed by atoms with Crippen LogP contribution in [0.1, 0.15) is 0 Å². The Morgan fingerprint density at radius 1 is 1.30 bits per heavy atom. The van der Waals surface area contributed by atoms with E-state index in [1.54, 1.807) is 0 Å². The molecule has 10 heavy (non-hydrogen) atoms. The Kier molecular flexibility index (Phi) is 27.1. The van der Waals surface area contributed by atoms with Crippen molar-refractivity contribution in [1.29, 1.82) is 0 Å². The minimum Gasteiger partial charge on any atom is -0.870 e. The van der Waals surface area contributed by atoms with Crippen LogP contribution in [0.15, 0.2) is 24.6 Å². The topological polar surface area (TPSA) is 89.9 Å². The van der Waals surface area contributed by atoms with E-state index in [0.29, 0.717) is 0 Å². The molecule has 1 aliphatic rings. The first-order valence-electron chi connectivity index (χ1n) is 2.16. The molecule has 0 amide bonds. The summed E-state index contributed by atoms with van der Waals surface area (Å²) in [5.41, 5.74) is 0. The maximum absolute atomic E-state index is 8.36. The van der Waals surface area contributed by atoms with Crippen molar-refractivity contribution in [2.45, 2.75) is 0 Å². The first-order chi connectivity index (χ1) is 3.91. The SMILES string of the molecule is C1=C[NH2+]C=C1.[Na+].[O-][B]O.[OH-]. The summed E-state index contributed by atoms with van der Waals surface area (Å²) in [6, 6.07) is 0. The molecule has 0 atom stereocenters. The number of hydrogen-bond acceptors (Lipinski definition) is 3. The van der Waals surface area contributed by atoms with Crippen molar-refractivity contribution in [3.8, 4) is 0 Å². The fraction of sp³-hybridized carbons (Fsp3) is 0. The van der Waals surface area contributed by atoms with Crippen LogP contribution in [0.4, 0.5) is 0 Å². The number of allylic oxidation sites excluding steroid dienone is 2. The van der Waals surface area contributed by atoms with E-state index in [9.17, 15) is 0 Å². The second-order valence-corrected chi connectivity index (χ2v) is 1.07. The second kappa shape index (κ2) is 16.2. The van der Waals surface area contributed by atoms with E-state index in [1.165, 1.54) is 0 Å². The van der Waals surface area contributed by atoms with Crippen LogP contribution in [-0.4, -0.2) is 18.2 Å². The summed E-state index contributed by atoms with van der Waals surface area (Å²) in [5, 5.41) is 17.2. The fourth-order valence-corrected chi connectivity index (χ4v) is 0.321. The summed E-state index contributed by atoms with van der Waals surface area (Å²) in [7, 11) is -0.250. The molecular weight excluding hydrogens is 144 g/mol. The van der Waals surface area contributed by atoms with Crippen molar-refractivity contribution in [1.82, 2.24) is 0 Å². The largest absolute Gasteiger partial charge is 1.00 e. The molecule has 1 rings (SSSR count). The number of nitrogens with two attached hydrogens (primary N) is 1. The summed E-state index contributed by atoms with van der Waals surface area (Å²) < 4.78 is 0. The maximum atomic E-state index is 8.36. The normalized spacial score (nSPS) is 10.2. The molecule has 0 aliphatic carbocycles. The Morgan fingerprint density at radius 3 is 1.70 bits per heavy atom. The molecule has 0 fully saturated rings. The van der Waals surface area contributed by atoms with E-state index in [2.05, 4.69) is 0 Å². The summed E-state index contributed by atoms with van der Waals surface area (Å²) >= 11 is 0. The molecule has 0 spiro atoms. The Balaban J connectivity index is -0.0000000900. The van der Waals surface area contributed by atoms with Crippen molar-refractivity contribution < 1.29 is 50.4 Å². The van der Waals surface area contributed by atoms with Crippen LogP contribution in [-0.2, 0) is 0 Å². The van der Waals surface area contributed by atoms with E-state index in [-0.39, 0.29) is 42.7 Å². The van der Waals surface area contributed by atoms with Crippen LogP contribution in [0.2, 0.25) is 0 Å². The third-order valence-electron chi connectivity index (χ3n) is 0.556. The van der Waals surface area contributed by atoms with Gasteiger partial charge in [0.25, 0.3) is 0 Å². The minimum atomic E-state index is -0.250. The Morgan fingerprint density at radius 2 is 1.60 bits per heavy atom. The zero-order valence-electron chi connectivity index (χ0n) is 5.77. The molecule has 0 bridgehead atoms. The van der Waals surface area contributed by atoms with Gasteiger partial charge in [0.2, 0.25) is 0 Å². The van der Waals surface area contributed by atoms with Crippen molar-refractivity contribution >= 4 is 7.69 Å². The molecule has 51 valence electrons. The molecule has 1 radical (unpaired) electrons. The molecular formula is C4H8BNNaO3. The van der Waals surface area contributed by atoms with Gasteiger partial charge in [-0.1, -0.05) is 0 Å². The summed E-state index contributed by atoms with van der Waals surface area (Å²) in [6.45, 7) is 0. The number of hydrogen-bond donors (Lipinski definition) is 2. The smallest absolute Gasteiger partial charge is 0.870 e. The quantitative estimate of drug-likeness (QED) is 0.339. The van der Waals surface area contributed by atoms with Gasteiger partial charge in [-0.15, -0.1) is 0 Å². The first-order valence-corrected chi connectivity index (χ1v) is 2.16. The van der Waals surface area contributed by atoms with E-state index < -0.39 is 0 Å². The summed E-state index contributed by atoms with van der Waals surface area (Å²) in [4.78, 5) is 0. The van der Waals surface area contributed by atoms with Gasteiger partial charge in [0.05, 0.1) is 12.4 Å². The molecule has 1 heterocycles. The predicted octanol–water partition coefficient (Wildman–Crippen LogP) is -5.71. The van der Waals surface area contributed by atoms with E-state index in [0.717, 1.165) is 0 Å². The molecule has 0 aromatic heterocycles. The van der Waals surface area contributed by atoms with Crippen LogP contribution >= 0.6 is 0 Å². The standard InChI is InChI=1S/C4H5N.BHO2.Na.H2O/c1-2-4-5-3-1;2-1-3;;/h1-5H;2H;;1H2/q;-1;+1;. The van der Waals surface area contributed by atoms with Gasteiger partial charge in [0, 0.05) is 0 Å². The van der Waals surface area contributed by atoms with Crippen LogP contribution in [0, 0.1) is 0 Å². The van der Waals surface area contributed by atoms with Gasteiger partial charge in [0.1, 0.15) is 0 Å². The molecule has 0 unspecified atom stereocenters. The second-order valence-electron chi connectivity index (χ2n) is 1.07. The van der Waals surface area contributed by atoms with Crippen LogP contribution in [0.5, 0.6) is 0 Å². The van der Waals surface area contributed by atoms with Crippen LogP contribution < -0.4 is 39.9 Å². The maximum Gasteiger partial charge on any atom is 1.00 e. The van der Waals surface area contributed by atoms with Gasteiger partial charge in [0.15, 0.2) is 7.69 Å². The average Bonchev–Trinajstić information content (AvgIpc) is 2.17. The van der Waals surface area contributed by atoms with Crippen molar-refractivity contribution in [2.75, 3.05) is 0 Å². The molecule has 0 saturated heterocycles. The fourth-order valence-electron chi connectivity index (χ4n) is 0.321. The van der Waals surface area contributed by atoms with Gasteiger partial charge in [-0.25, -0.2) is 0 Å². The average molecular weight is 152 g/mol. The predicted molar refractivity (Wildman–Crippen MR) is 30.1 cm³/mol. The van der Waals surface area contributed by atoms with Crippen molar-refractivity contribution in [3.05, 3.63) is 24.6 Å². The van der Waals surface area contributed by atoms with Gasteiger partial charge >= 0.3 is 29.6 Å². The van der Waals surface area contributed by atoms with Crippen LogP contribution in [0.3, 0.4) is 0 Å². The van der Waals surface area contributed by atoms with Crippen molar-refractivity contribution in [3.63, 3.8) is 0 Å². The van der Waals surface area contributed by atoms with Gasteiger partial charge in [-0.3, -0.25) is 5.32 Å². The van der Waals surface area contributed by atoms with Gasteiger partial charge in [-0.05, 0) is 12.2 Å². The summed E-state index contributed by atoms with van der Waals surface area (Å²) in [6.07, 6.45) is 8.00. The molecule has 0 aromatic rings. The summed E-state index contributed by atoms with van der Waals surface area (Å²) in [5.74, 6) is 0. The van der Waals surface area contributed by atoms with Crippen molar-refractivity contribution in [2.24, 2.45) is 0 Å². The Bertz CT molecular complexity index is 88.5. The van der Waals surface area contributed by atoms with E-state index >= 15 is 0 Å². The molecule has 4 nitrogen and oxygen atoms in total. The molecule has 6 heteroatoms. The molecule has 4 N–H and O–H groups in total. The third kappa shape index (κ3) is 15.8. The third-order valence-corrected chi connectivity index (χ3v) is 0.556. The van der Waals surface area contributed by atoms with E-state index in [4.69, 9.17) is 10.0 Å². The Labute approximate surface area is 82.5 Å². The molecule has 0 saturated carbocycles. The monoisotopic (exact) mass is 152 g/mol. The van der Waals surface area contributed by atoms with Gasteiger partial charge in [-0.2, -0.15) is 0 Å². The number of quaternary nitrogens is 1. The molecule has 0 aromatic carbocycles. The number of rotatable bonds is 0. The zero-order valence-corrected chi connectivity index (χ0v) is 7.77. The minimum absolute atomic E-state index is 0. The van der Waals surface area contributed by atoms with E-state index in [1.807, 2.05) is 29.9 Å². The van der Waals surface area contributed by atoms with Crippen LogP contribution in [0.25, 0.3) is 0 Å². The first kappa shape index (κ1) is 16.8. The molecule has 1 aliphatic heterocycles. The van der Waals surface area contributed by atoms with Gasteiger partial charge < -0.3 is 15.5 Å². The zero-order chi connectivity index (χ0) is 6.24. The Hall–Kier alpha value is 0.385.